The van der Waals surface area contributed by atoms with Crippen molar-refractivity contribution in [1.82, 2.24) is 14.9 Å². The van der Waals surface area contributed by atoms with Gasteiger partial charge in [-0.3, -0.25) is 4.79 Å². The van der Waals surface area contributed by atoms with Crippen molar-refractivity contribution in [2.75, 3.05) is 37.7 Å². The Kier molecular flexibility index (Phi) is 5.89. The van der Waals surface area contributed by atoms with E-state index in [0.29, 0.717) is 18.4 Å². The number of piperazine rings is 1. The van der Waals surface area contributed by atoms with Crippen LogP contribution in [0.15, 0.2) is 6.07 Å². The van der Waals surface area contributed by atoms with Gasteiger partial charge < -0.3 is 14.5 Å². The molecule has 1 unspecified atom stereocenters. The molecule has 2 saturated heterocycles. The van der Waals surface area contributed by atoms with Crippen molar-refractivity contribution in [1.29, 1.82) is 0 Å². The smallest absolute Gasteiger partial charge is 0.222 e. The van der Waals surface area contributed by atoms with Crippen LogP contribution in [0.25, 0.3) is 0 Å². The summed E-state index contributed by atoms with van der Waals surface area (Å²) < 4.78 is 5.61. The van der Waals surface area contributed by atoms with Crippen molar-refractivity contribution in [3.05, 3.63) is 17.6 Å². The molecule has 1 aromatic heterocycles. The van der Waals surface area contributed by atoms with Crippen molar-refractivity contribution in [2.24, 2.45) is 0 Å². The molecule has 25 heavy (non-hydrogen) atoms. The average Bonchev–Trinajstić information content (AvgIpc) is 3.13. The summed E-state index contributed by atoms with van der Waals surface area (Å²) in [4.78, 5) is 25.9. The Morgan fingerprint density at radius 2 is 2.04 bits per heavy atom. The van der Waals surface area contributed by atoms with E-state index in [0.717, 1.165) is 69.4 Å². The summed E-state index contributed by atoms with van der Waals surface area (Å²) in [6.07, 6.45) is 4.00. The lowest BCUT2D eigenvalue weighted by Crippen LogP contribution is -2.49. The van der Waals surface area contributed by atoms with Crippen LogP contribution in [0.3, 0.4) is 0 Å². The molecule has 1 atom stereocenters. The number of hydrogen-bond donors (Lipinski definition) is 0. The summed E-state index contributed by atoms with van der Waals surface area (Å²) in [5.74, 6) is 2.46. The van der Waals surface area contributed by atoms with Gasteiger partial charge in [-0.2, -0.15) is 0 Å². The molecule has 0 bridgehead atoms. The van der Waals surface area contributed by atoms with Crippen molar-refractivity contribution in [3.63, 3.8) is 0 Å². The highest BCUT2D eigenvalue weighted by atomic mass is 16.5. The lowest BCUT2D eigenvalue weighted by atomic mass is 10.1. The molecule has 2 fully saturated rings. The zero-order valence-corrected chi connectivity index (χ0v) is 15.7. The van der Waals surface area contributed by atoms with E-state index < -0.39 is 0 Å². The van der Waals surface area contributed by atoms with E-state index >= 15 is 0 Å². The average molecular weight is 346 g/mol. The third-order valence-electron chi connectivity index (χ3n) is 5.03. The minimum Gasteiger partial charge on any atom is -0.378 e. The van der Waals surface area contributed by atoms with Crippen molar-refractivity contribution < 1.29 is 9.53 Å². The minimum atomic E-state index is 0.261. The van der Waals surface area contributed by atoms with Crippen LogP contribution in [0.1, 0.15) is 57.0 Å². The molecular formula is C19H30N4O2. The SMILES string of the molecule is Cc1cc(N2CCN(C(=O)CCC3CCCO3)CC2)nc(C(C)C)n1. The normalized spacial score (nSPS) is 21.2. The van der Waals surface area contributed by atoms with Crippen LogP contribution in [0.4, 0.5) is 5.82 Å². The topological polar surface area (TPSA) is 58.6 Å². The largest absolute Gasteiger partial charge is 0.378 e. The van der Waals surface area contributed by atoms with E-state index in [1.807, 2.05) is 17.9 Å². The number of amides is 1. The second-order valence-electron chi connectivity index (χ2n) is 7.42. The fraction of sp³-hybridized carbons (Fsp3) is 0.737. The minimum absolute atomic E-state index is 0.261. The third-order valence-corrected chi connectivity index (χ3v) is 5.03. The van der Waals surface area contributed by atoms with Gasteiger partial charge in [0.15, 0.2) is 0 Å². The first-order valence-electron chi connectivity index (χ1n) is 9.53. The molecule has 3 rings (SSSR count). The first-order chi connectivity index (χ1) is 12.0. The van der Waals surface area contributed by atoms with Gasteiger partial charge in [-0.25, -0.2) is 9.97 Å². The quantitative estimate of drug-likeness (QED) is 0.820. The lowest BCUT2D eigenvalue weighted by Gasteiger charge is -2.36. The van der Waals surface area contributed by atoms with Gasteiger partial charge in [0.1, 0.15) is 11.6 Å². The van der Waals surface area contributed by atoms with E-state index in [4.69, 9.17) is 9.72 Å². The van der Waals surface area contributed by atoms with Crippen LogP contribution in [-0.4, -0.2) is 59.7 Å². The molecule has 138 valence electrons. The number of ether oxygens (including phenoxy) is 1. The van der Waals surface area contributed by atoms with Crippen LogP contribution in [0.5, 0.6) is 0 Å². The number of rotatable bonds is 5. The molecule has 6 nitrogen and oxygen atoms in total. The van der Waals surface area contributed by atoms with Gasteiger partial charge in [0.2, 0.25) is 5.91 Å². The van der Waals surface area contributed by atoms with E-state index in [-0.39, 0.29) is 5.91 Å². The van der Waals surface area contributed by atoms with Gasteiger partial charge in [0.05, 0.1) is 6.10 Å². The van der Waals surface area contributed by atoms with Gasteiger partial charge in [-0.1, -0.05) is 13.8 Å². The molecule has 0 radical (unpaired) electrons. The van der Waals surface area contributed by atoms with Crippen LogP contribution in [0.2, 0.25) is 0 Å². The number of aromatic nitrogens is 2. The molecule has 0 N–H and O–H groups in total. The predicted molar refractivity (Wildman–Crippen MR) is 97.9 cm³/mol. The maximum atomic E-state index is 12.4. The Balaban J connectivity index is 1.52. The number of anilines is 1. The summed E-state index contributed by atoms with van der Waals surface area (Å²) in [5, 5.41) is 0. The second kappa shape index (κ2) is 8.13. The Morgan fingerprint density at radius 3 is 2.68 bits per heavy atom. The van der Waals surface area contributed by atoms with E-state index in [2.05, 4.69) is 23.7 Å². The van der Waals surface area contributed by atoms with Gasteiger partial charge >= 0.3 is 0 Å². The maximum Gasteiger partial charge on any atom is 0.222 e. The molecule has 0 aliphatic carbocycles. The highest BCUT2D eigenvalue weighted by Gasteiger charge is 2.24. The first-order valence-corrected chi connectivity index (χ1v) is 9.53. The molecule has 0 saturated carbocycles. The zero-order valence-electron chi connectivity index (χ0n) is 15.7. The molecule has 2 aliphatic rings. The summed E-state index contributed by atoms with van der Waals surface area (Å²) in [5.41, 5.74) is 1.00. The Bertz CT molecular complexity index is 591. The van der Waals surface area contributed by atoms with Gasteiger partial charge in [0, 0.05) is 56.9 Å². The Morgan fingerprint density at radius 1 is 1.28 bits per heavy atom. The molecule has 1 aromatic rings. The Labute approximate surface area is 150 Å². The number of carbonyl (C=O) groups excluding carboxylic acids is 1. The Hall–Kier alpha value is -1.69. The van der Waals surface area contributed by atoms with Crippen LogP contribution >= 0.6 is 0 Å². The molecule has 0 aromatic carbocycles. The summed E-state index contributed by atoms with van der Waals surface area (Å²) in [6.45, 7) is 10.3. The number of aryl methyl sites for hydroxylation is 1. The molecular weight excluding hydrogens is 316 g/mol. The van der Waals surface area contributed by atoms with Gasteiger partial charge in [-0.05, 0) is 26.2 Å². The molecule has 6 heteroatoms. The highest BCUT2D eigenvalue weighted by molar-refractivity contribution is 5.76. The monoisotopic (exact) mass is 346 g/mol. The first kappa shape index (κ1) is 18.1. The van der Waals surface area contributed by atoms with Crippen molar-refractivity contribution in [2.45, 2.75) is 58.5 Å². The van der Waals surface area contributed by atoms with Gasteiger partial charge in [0.25, 0.3) is 0 Å². The summed E-state index contributed by atoms with van der Waals surface area (Å²) >= 11 is 0. The molecule has 0 spiro atoms. The zero-order chi connectivity index (χ0) is 17.8. The number of carbonyl (C=O) groups is 1. The predicted octanol–water partition coefficient (Wildman–Crippen LogP) is 2.52. The molecule has 3 heterocycles. The summed E-state index contributed by atoms with van der Waals surface area (Å²) in [7, 11) is 0. The molecule has 2 aliphatic heterocycles. The standard InChI is InChI=1S/C19H30N4O2/c1-14(2)19-20-15(3)13-17(21-19)22-8-10-23(11-9-22)18(24)7-6-16-5-4-12-25-16/h13-14,16H,4-12H2,1-3H3. The van der Waals surface area contributed by atoms with Crippen LogP contribution in [-0.2, 0) is 9.53 Å². The van der Waals surface area contributed by atoms with E-state index in [1.54, 1.807) is 0 Å². The second-order valence-corrected chi connectivity index (χ2v) is 7.42. The highest BCUT2D eigenvalue weighted by Crippen LogP contribution is 2.20. The number of nitrogens with zero attached hydrogens (tertiary/aromatic N) is 4. The van der Waals surface area contributed by atoms with Crippen molar-refractivity contribution in [3.8, 4) is 0 Å². The maximum absolute atomic E-state index is 12.4. The van der Waals surface area contributed by atoms with Crippen LogP contribution < -0.4 is 4.90 Å². The van der Waals surface area contributed by atoms with Crippen molar-refractivity contribution >= 4 is 11.7 Å². The van der Waals surface area contributed by atoms with Crippen LogP contribution in [0, 0.1) is 6.92 Å². The fourth-order valence-corrected chi connectivity index (χ4v) is 3.49. The number of hydrogen-bond acceptors (Lipinski definition) is 5. The molecule has 1 amide bonds. The van der Waals surface area contributed by atoms with E-state index in [1.165, 1.54) is 0 Å². The van der Waals surface area contributed by atoms with E-state index in [9.17, 15) is 4.79 Å². The lowest BCUT2D eigenvalue weighted by molar-refractivity contribution is -0.132. The van der Waals surface area contributed by atoms with Gasteiger partial charge in [-0.15, -0.1) is 0 Å². The summed E-state index contributed by atoms with van der Waals surface area (Å²) in [6, 6.07) is 2.04. The fourth-order valence-electron chi connectivity index (χ4n) is 3.49. The third kappa shape index (κ3) is 4.69.